The topological polar surface area (TPSA) is 94.2 Å². The average Bonchev–Trinajstić information content (AvgIpc) is 3.30. The number of ether oxygens (including phenoxy) is 3. The molecule has 0 saturated carbocycles. The van der Waals surface area contributed by atoms with Crippen LogP contribution in [-0.2, 0) is 19.6 Å². The third-order valence-corrected chi connectivity index (χ3v) is 6.96. The lowest BCUT2D eigenvalue weighted by Crippen LogP contribution is -2.43. The van der Waals surface area contributed by atoms with Crippen molar-refractivity contribution < 1.29 is 27.4 Å². The summed E-state index contributed by atoms with van der Waals surface area (Å²) in [4.78, 5) is 12.7. The summed E-state index contributed by atoms with van der Waals surface area (Å²) >= 11 is 0. The number of hydrogen-bond acceptors (Lipinski definition) is 6. The molecule has 0 spiro atoms. The number of nitrogens with zero attached hydrogens (tertiary/aromatic N) is 1. The van der Waals surface area contributed by atoms with E-state index in [4.69, 9.17) is 14.2 Å². The molecule has 174 valence electrons. The normalized spacial score (nSPS) is 15.9. The fourth-order valence-electron chi connectivity index (χ4n) is 3.51. The van der Waals surface area contributed by atoms with Crippen molar-refractivity contribution in [3.63, 3.8) is 0 Å². The standard InChI is InChI=1S/C23H30N2O6S/c1-4-30-19-10-8-18(9-11-19)25(16-23(26)24-15-20-6-5-13-31-20)32(27,28)22-14-17(2)7-12-21(22)29-3/h7-12,14,20H,4-6,13,15-16H2,1-3H3,(H,24,26)/t20-/m0/s1. The summed E-state index contributed by atoms with van der Waals surface area (Å²) in [7, 11) is -2.69. The molecule has 9 heteroatoms. The maximum absolute atomic E-state index is 13.7. The van der Waals surface area contributed by atoms with Crippen LogP contribution in [0.4, 0.5) is 5.69 Å². The summed E-state index contributed by atoms with van der Waals surface area (Å²) in [6.45, 7) is 4.82. The minimum atomic E-state index is -4.10. The SMILES string of the molecule is CCOc1ccc(N(CC(=O)NC[C@@H]2CCCO2)S(=O)(=O)c2cc(C)ccc2OC)cc1. The first-order valence-electron chi connectivity index (χ1n) is 10.6. The molecule has 1 saturated heterocycles. The van der Waals surface area contributed by atoms with E-state index < -0.39 is 15.9 Å². The van der Waals surface area contributed by atoms with E-state index in [1.165, 1.54) is 7.11 Å². The second kappa shape index (κ2) is 10.7. The number of hydrogen-bond donors (Lipinski definition) is 1. The highest BCUT2D eigenvalue weighted by molar-refractivity contribution is 7.93. The summed E-state index contributed by atoms with van der Waals surface area (Å²) in [5.41, 5.74) is 1.11. The van der Waals surface area contributed by atoms with Crippen LogP contribution >= 0.6 is 0 Å². The van der Waals surface area contributed by atoms with Crippen molar-refractivity contribution in [2.75, 3.05) is 37.7 Å². The third-order valence-electron chi connectivity index (χ3n) is 5.16. The minimum Gasteiger partial charge on any atom is -0.495 e. The zero-order chi connectivity index (χ0) is 23.1. The van der Waals surface area contributed by atoms with Crippen LogP contribution in [0.25, 0.3) is 0 Å². The van der Waals surface area contributed by atoms with Gasteiger partial charge in [0.2, 0.25) is 5.91 Å². The lowest BCUT2D eigenvalue weighted by molar-refractivity contribution is -0.120. The van der Waals surface area contributed by atoms with Crippen molar-refractivity contribution in [1.82, 2.24) is 5.32 Å². The van der Waals surface area contributed by atoms with E-state index in [2.05, 4.69) is 5.32 Å². The van der Waals surface area contributed by atoms with Crippen LogP contribution in [-0.4, -0.2) is 53.8 Å². The Hall–Kier alpha value is -2.78. The highest BCUT2D eigenvalue weighted by atomic mass is 32.2. The van der Waals surface area contributed by atoms with E-state index in [9.17, 15) is 13.2 Å². The van der Waals surface area contributed by atoms with Crippen LogP contribution in [0.15, 0.2) is 47.4 Å². The molecule has 0 aromatic heterocycles. The Morgan fingerprint density at radius 1 is 1.22 bits per heavy atom. The number of anilines is 1. The van der Waals surface area contributed by atoms with Gasteiger partial charge in [-0.25, -0.2) is 8.42 Å². The molecule has 8 nitrogen and oxygen atoms in total. The maximum Gasteiger partial charge on any atom is 0.268 e. The molecule has 32 heavy (non-hydrogen) atoms. The molecule has 1 fully saturated rings. The van der Waals surface area contributed by atoms with Gasteiger partial charge in [0, 0.05) is 13.2 Å². The summed E-state index contributed by atoms with van der Waals surface area (Å²) in [5, 5.41) is 2.79. The van der Waals surface area contributed by atoms with Gasteiger partial charge in [0.05, 0.1) is 25.5 Å². The number of carbonyl (C=O) groups excluding carboxylic acids is 1. The fraction of sp³-hybridized carbons (Fsp3) is 0.435. The number of rotatable bonds is 10. The van der Waals surface area contributed by atoms with Crippen LogP contribution in [0.2, 0.25) is 0 Å². The molecule has 1 atom stereocenters. The highest BCUT2D eigenvalue weighted by Gasteiger charge is 2.30. The monoisotopic (exact) mass is 462 g/mol. The van der Waals surface area contributed by atoms with Crippen molar-refractivity contribution in [3.8, 4) is 11.5 Å². The molecule has 1 amide bonds. The van der Waals surface area contributed by atoms with Crippen LogP contribution in [0.1, 0.15) is 25.3 Å². The number of aryl methyl sites for hydroxylation is 1. The van der Waals surface area contributed by atoms with E-state index in [1.54, 1.807) is 49.4 Å². The maximum atomic E-state index is 13.7. The van der Waals surface area contributed by atoms with E-state index in [0.717, 1.165) is 22.7 Å². The van der Waals surface area contributed by atoms with Gasteiger partial charge < -0.3 is 19.5 Å². The Labute approximate surface area is 189 Å². The van der Waals surface area contributed by atoms with Gasteiger partial charge >= 0.3 is 0 Å². The molecular formula is C23H30N2O6S. The van der Waals surface area contributed by atoms with E-state index in [1.807, 2.05) is 6.92 Å². The quantitative estimate of drug-likeness (QED) is 0.584. The number of nitrogens with one attached hydrogen (secondary N) is 1. The predicted octanol–water partition coefficient (Wildman–Crippen LogP) is 2.89. The Balaban J connectivity index is 1.92. The zero-order valence-corrected chi connectivity index (χ0v) is 19.5. The van der Waals surface area contributed by atoms with Gasteiger partial charge in [0.25, 0.3) is 10.0 Å². The summed E-state index contributed by atoms with van der Waals surface area (Å²) in [5.74, 6) is 0.417. The Kier molecular flexibility index (Phi) is 7.98. The predicted molar refractivity (Wildman–Crippen MR) is 122 cm³/mol. The second-order valence-corrected chi connectivity index (χ2v) is 9.36. The molecule has 3 rings (SSSR count). The fourth-order valence-corrected chi connectivity index (χ4v) is 5.18. The Morgan fingerprint density at radius 2 is 1.97 bits per heavy atom. The van der Waals surface area contributed by atoms with Crippen LogP contribution in [0.5, 0.6) is 11.5 Å². The summed E-state index contributed by atoms with van der Waals surface area (Å²) < 4.78 is 44.7. The van der Waals surface area contributed by atoms with Gasteiger partial charge in [0.15, 0.2) is 0 Å². The molecule has 1 heterocycles. The van der Waals surface area contributed by atoms with Crippen molar-refractivity contribution >= 4 is 21.6 Å². The summed E-state index contributed by atoms with van der Waals surface area (Å²) in [6.07, 6.45) is 1.80. The van der Waals surface area contributed by atoms with Gasteiger partial charge in [0.1, 0.15) is 22.9 Å². The van der Waals surface area contributed by atoms with E-state index in [0.29, 0.717) is 31.2 Å². The smallest absolute Gasteiger partial charge is 0.268 e. The first-order valence-corrected chi connectivity index (χ1v) is 12.1. The number of methoxy groups -OCH3 is 1. The second-order valence-electron chi connectivity index (χ2n) is 7.53. The molecule has 2 aromatic carbocycles. The van der Waals surface area contributed by atoms with Gasteiger partial charge in [-0.1, -0.05) is 6.07 Å². The molecule has 0 radical (unpaired) electrons. The van der Waals surface area contributed by atoms with Crippen molar-refractivity contribution in [2.24, 2.45) is 0 Å². The summed E-state index contributed by atoms with van der Waals surface area (Å²) in [6, 6.07) is 11.5. The molecule has 0 bridgehead atoms. The number of benzene rings is 2. The molecule has 2 aromatic rings. The lowest BCUT2D eigenvalue weighted by atomic mass is 10.2. The molecule has 1 aliphatic heterocycles. The van der Waals surface area contributed by atoms with Crippen molar-refractivity contribution in [1.29, 1.82) is 0 Å². The minimum absolute atomic E-state index is 0.000751. The average molecular weight is 463 g/mol. The van der Waals surface area contributed by atoms with Gasteiger partial charge in [-0.3, -0.25) is 9.10 Å². The van der Waals surface area contributed by atoms with Crippen molar-refractivity contribution in [3.05, 3.63) is 48.0 Å². The molecular weight excluding hydrogens is 432 g/mol. The van der Waals surface area contributed by atoms with Gasteiger partial charge in [-0.15, -0.1) is 0 Å². The zero-order valence-electron chi connectivity index (χ0n) is 18.7. The first-order chi connectivity index (χ1) is 15.3. The molecule has 1 aliphatic rings. The third kappa shape index (κ3) is 5.72. The number of carbonyl (C=O) groups is 1. The van der Waals surface area contributed by atoms with E-state index >= 15 is 0 Å². The number of sulfonamides is 1. The number of amides is 1. The van der Waals surface area contributed by atoms with Crippen LogP contribution in [0, 0.1) is 6.92 Å². The lowest BCUT2D eigenvalue weighted by Gasteiger charge is -2.25. The van der Waals surface area contributed by atoms with Crippen molar-refractivity contribution in [2.45, 2.75) is 37.7 Å². The van der Waals surface area contributed by atoms with E-state index in [-0.39, 0.29) is 23.3 Å². The molecule has 1 N–H and O–H groups in total. The Morgan fingerprint density at radius 3 is 2.59 bits per heavy atom. The largest absolute Gasteiger partial charge is 0.495 e. The Bertz CT molecular complexity index is 1020. The van der Waals surface area contributed by atoms with Crippen LogP contribution in [0.3, 0.4) is 0 Å². The van der Waals surface area contributed by atoms with Gasteiger partial charge in [-0.2, -0.15) is 0 Å². The van der Waals surface area contributed by atoms with Crippen LogP contribution < -0.4 is 19.1 Å². The first kappa shape index (κ1) is 23.9. The highest BCUT2D eigenvalue weighted by Crippen LogP contribution is 2.31. The molecule has 0 aliphatic carbocycles. The van der Waals surface area contributed by atoms with Gasteiger partial charge in [-0.05, 0) is 68.7 Å². The molecule has 0 unspecified atom stereocenters.